The van der Waals surface area contributed by atoms with Crippen molar-refractivity contribution in [3.05, 3.63) is 68.9 Å². The van der Waals surface area contributed by atoms with E-state index < -0.39 is 35.7 Å². The lowest BCUT2D eigenvalue weighted by Gasteiger charge is -2.38. The first-order valence-electron chi connectivity index (χ1n) is 11.2. The summed E-state index contributed by atoms with van der Waals surface area (Å²) >= 11 is 0. The van der Waals surface area contributed by atoms with Crippen LogP contribution in [0.4, 0.5) is 0 Å². The van der Waals surface area contributed by atoms with E-state index in [0.717, 1.165) is 0 Å². The molecule has 0 saturated heterocycles. The zero-order valence-corrected chi connectivity index (χ0v) is 19.8. The molecule has 3 atom stereocenters. The van der Waals surface area contributed by atoms with Gasteiger partial charge in [-0.05, 0) is 45.2 Å². The second-order valence-electron chi connectivity index (χ2n) is 9.01. The molecule has 0 radical (unpaired) electrons. The van der Waals surface area contributed by atoms with Crippen LogP contribution in [0.3, 0.4) is 0 Å². The number of methoxy groups -OCH3 is 1. The summed E-state index contributed by atoms with van der Waals surface area (Å²) in [6.07, 6.45) is 1.25. The molecule has 0 bridgehead atoms. The van der Waals surface area contributed by atoms with E-state index in [2.05, 4.69) is 5.32 Å². The molecule has 2 aliphatic rings. The molecule has 2 aromatic rings. The van der Waals surface area contributed by atoms with Gasteiger partial charge in [0.25, 0.3) is 0 Å². The molecule has 0 amide bonds. The van der Waals surface area contributed by atoms with E-state index in [4.69, 9.17) is 13.9 Å². The highest BCUT2D eigenvalue weighted by Crippen LogP contribution is 2.45. The number of Topliss-reactive ketones (excluding diaryl/α,β-unsaturated/α-hetero) is 1. The van der Waals surface area contributed by atoms with Crippen LogP contribution in [0.5, 0.6) is 0 Å². The molecule has 1 aliphatic carbocycles. The number of hydrogen-bond acceptors (Lipinski definition) is 8. The molecule has 0 spiro atoms. The highest BCUT2D eigenvalue weighted by atomic mass is 16.5. The molecule has 1 N–H and O–H groups in total. The summed E-state index contributed by atoms with van der Waals surface area (Å²) in [5.74, 6) is -4.18. The van der Waals surface area contributed by atoms with Crippen LogP contribution < -0.4 is 10.7 Å². The van der Waals surface area contributed by atoms with Crippen molar-refractivity contribution in [3.63, 3.8) is 0 Å². The predicted octanol–water partition coefficient (Wildman–Crippen LogP) is 3.36. The van der Waals surface area contributed by atoms with E-state index in [0.29, 0.717) is 28.8 Å². The summed E-state index contributed by atoms with van der Waals surface area (Å²) in [7, 11) is 1.23. The Morgan fingerprint density at radius 2 is 1.88 bits per heavy atom. The molecule has 178 valence electrons. The normalized spacial score (nSPS) is 22.5. The molecule has 0 saturated carbocycles. The van der Waals surface area contributed by atoms with E-state index in [-0.39, 0.29) is 28.1 Å². The zero-order chi connectivity index (χ0) is 24.7. The maximum Gasteiger partial charge on any atom is 0.337 e. The molecule has 2 heterocycles. The molecule has 4 rings (SSSR count). The number of nitrogens with one attached hydrogen (secondary N) is 1. The fourth-order valence-corrected chi connectivity index (χ4v) is 4.83. The second-order valence-corrected chi connectivity index (χ2v) is 9.01. The van der Waals surface area contributed by atoms with Gasteiger partial charge in [0.15, 0.2) is 11.2 Å². The van der Waals surface area contributed by atoms with E-state index in [1.54, 1.807) is 52.0 Å². The van der Waals surface area contributed by atoms with Gasteiger partial charge < -0.3 is 19.2 Å². The first-order chi connectivity index (χ1) is 16.1. The van der Waals surface area contributed by atoms with Gasteiger partial charge >= 0.3 is 11.9 Å². The van der Waals surface area contributed by atoms with Gasteiger partial charge in [-0.3, -0.25) is 14.4 Å². The number of para-hydroxylation sites is 1. The summed E-state index contributed by atoms with van der Waals surface area (Å²) in [4.78, 5) is 53.0. The number of ether oxygens (including phenoxy) is 2. The minimum atomic E-state index is -1.05. The molecule has 34 heavy (non-hydrogen) atoms. The molecular formula is C26H27NO7. The third-order valence-electron chi connectivity index (χ3n) is 6.32. The van der Waals surface area contributed by atoms with Gasteiger partial charge in [0.1, 0.15) is 11.5 Å². The molecular weight excluding hydrogens is 438 g/mol. The lowest BCUT2D eigenvalue weighted by molar-refractivity contribution is -0.151. The fraction of sp³-hybridized carbons (Fsp3) is 0.385. The maximum atomic E-state index is 13.7. The second kappa shape index (κ2) is 8.93. The van der Waals surface area contributed by atoms with Crippen LogP contribution in [0.1, 0.15) is 45.6 Å². The third kappa shape index (κ3) is 3.83. The number of dihydropyridines is 1. The Morgan fingerprint density at radius 1 is 1.18 bits per heavy atom. The predicted molar refractivity (Wildman–Crippen MR) is 124 cm³/mol. The monoisotopic (exact) mass is 465 g/mol. The van der Waals surface area contributed by atoms with Crippen LogP contribution in [0.2, 0.25) is 0 Å². The topological polar surface area (TPSA) is 112 Å². The summed E-state index contributed by atoms with van der Waals surface area (Å²) in [6, 6.07) is 6.76. The summed E-state index contributed by atoms with van der Waals surface area (Å²) in [5.41, 5.74) is 1.56. The first-order valence-corrected chi connectivity index (χ1v) is 11.2. The fourth-order valence-electron chi connectivity index (χ4n) is 4.83. The lowest BCUT2D eigenvalue weighted by Crippen LogP contribution is -2.44. The smallest absolute Gasteiger partial charge is 0.337 e. The van der Waals surface area contributed by atoms with E-state index >= 15 is 0 Å². The van der Waals surface area contributed by atoms with Crippen molar-refractivity contribution in [1.29, 1.82) is 0 Å². The van der Waals surface area contributed by atoms with Crippen LogP contribution in [0.15, 0.2) is 62.3 Å². The van der Waals surface area contributed by atoms with Crippen molar-refractivity contribution in [2.75, 3.05) is 7.11 Å². The molecule has 8 nitrogen and oxygen atoms in total. The number of hydrogen-bond donors (Lipinski definition) is 1. The Bertz CT molecular complexity index is 1310. The van der Waals surface area contributed by atoms with Crippen molar-refractivity contribution in [2.45, 2.75) is 46.1 Å². The van der Waals surface area contributed by atoms with Gasteiger partial charge in [0.05, 0.1) is 36.4 Å². The standard InChI is InChI=1S/C26H27NO7/c1-12(2)34-26(31)20-14(4)27-17-10-13(3)19(25(30)32-5)24(29)22(17)21(20)16-11-33-18-9-7-6-8-15(18)23(16)28/h6-9,11-13,19,21,27H,10H2,1-5H3/t13-,19-,21+/m0/s1. The quantitative estimate of drug-likeness (QED) is 0.540. The Labute approximate surface area is 196 Å². The number of esters is 2. The van der Waals surface area contributed by atoms with Crippen LogP contribution in [0.25, 0.3) is 11.0 Å². The minimum absolute atomic E-state index is 0.134. The van der Waals surface area contributed by atoms with E-state index in [1.165, 1.54) is 13.4 Å². The molecule has 0 fully saturated rings. The Balaban J connectivity index is 1.97. The van der Waals surface area contributed by atoms with Gasteiger partial charge in [-0.2, -0.15) is 0 Å². The number of carbonyl (C=O) groups is 3. The summed E-state index contributed by atoms with van der Waals surface area (Å²) < 4.78 is 16.1. The lowest BCUT2D eigenvalue weighted by atomic mass is 9.69. The maximum absolute atomic E-state index is 13.7. The average molecular weight is 466 g/mol. The van der Waals surface area contributed by atoms with E-state index in [1.807, 2.05) is 0 Å². The Kier molecular flexibility index (Phi) is 6.17. The summed E-state index contributed by atoms with van der Waals surface area (Å²) in [6.45, 7) is 6.94. The van der Waals surface area contributed by atoms with Crippen LogP contribution >= 0.6 is 0 Å². The number of fused-ring (bicyclic) bond motifs is 1. The van der Waals surface area contributed by atoms with Gasteiger partial charge in [-0.25, -0.2) is 4.79 Å². The zero-order valence-electron chi connectivity index (χ0n) is 19.8. The number of benzene rings is 1. The SMILES string of the molecule is COC(=O)[C@@H]1C(=O)C2=C(C[C@@H]1C)NC(C)=C(C(=O)OC(C)C)[C@H]2c1coc2ccccc2c1=O. The largest absolute Gasteiger partial charge is 0.468 e. The van der Waals surface area contributed by atoms with Crippen molar-refractivity contribution < 1.29 is 28.3 Å². The number of rotatable bonds is 4. The van der Waals surface area contributed by atoms with Gasteiger partial charge in [0.2, 0.25) is 0 Å². The summed E-state index contributed by atoms with van der Waals surface area (Å²) in [5, 5.41) is 3.50. The first kappa shape index (κ1) is 23.5. The van der Waals surface area contributed by atoms with Crippen molar-refractivity contribution in [3.8, 4) is 0 Å². The van der Waals surface area contributed by atoms with Gasteiger partial charge in [0, 0.05) is 22.5 Å². The molecule has 1 aliphatic heterocycles. The molecule has 0 unspecified atom stereocenters. The third-order valence-corrected chi connectivity index (χ3v) is 6.32. The highest BCUT2D eigenvalue weighted by Gasteiger charge is 2.48. The van der Waals surface area contributed by atoms with Crippen LogP contribution in [-0.4, -0.2) is 30.9 Å². The average Bonchev–Trinajstić information content (AvgIpc) is 2.78. The molecule has 1 aromatic heterocycles. The van der Waals surface area contributed by atoms with Crippen LogP contribution in [-0.2, 0) is 23.9 Å². The van der Waals surface area contributed by atoms with E-state index in [9.17, 15) is 19.2 Å². The molecule has 8 heteroatoms. The van der Waals surface area contributed by atoms with Crippen LogP contribution in [0, 0.1) is 11.8 Å². The molecule has 1 aromatic carbocycles. The van der Waals surface area contributed by atoms with Crippen molar-refractivity contribution in [1.82, 2.24) is 5.32 Å². The Hall–Kier alpha value is -3.68. The number of carbonyl (C=O) groups excluding carboxylic acids is 3. The van der Waals surface area contributed by atoms with Gasteiger partial charge in [-0.15, -0.1) is 0 Å². The van der Waals surface area contributed by atoms with Crippen molar-refractivity contribution >= 4 is 28.7 Å². The number of allylic oxidation sites excluding steroid dienone is 3. The van der Waals surface area contributed by atoms with Gasteiger partial charge in [-0.1, -0.05) is 19.1 Å². The number of ketones is 1. The highest BCUT2D eigenvalue weighted by molar-refractivity contribution is 6.12. The Morgan fingerprint density at radius 3 is 2.56 bits per heavy atom. The van der Waals surface area contributed by atoms with Crippen molar-refractivity contribution in [2.24, 2.45) is 11.8 Å². The minimum Gasteiger partial charge on any atom is -0.468 e.